The fraction of sp³-hybridized carbons (Fsp3) is 0.182. The molecule has 0 unspecified atom stereocenters. The van der Waals surface area contributed by atoms with Crippen LogP contribution in [-0.4, -0.2) is 5.91 Å². The van der Waals surface area contributed by atoms with Crippen molar-refractivity contribution in [2.75, 3.05) is 0 Å². The van der Waals surface area contributed by atoms with E-state index in [0.717, 1.165) is 22.3 Å². The van der Waals surface area contributed by atoms with Gasteiger partial charge in [0.25, 0.3) is 0 Å². The van der Waals surface area contributed by atoms with Gasteiger partial charge in [0.1, 0.15) is 11.3 Å². The van der Waals surface area contributed by atoms with E-state index in [0.29, 0.717) is 0 Å². The van der Waals surface area contributed by atoms with Crippen molar-refractivity contribution in [3.63, 3.8) is 0 Å². The molecular weight excluding hydrogens is 178 g/mol. The smallest absolute Gasteiger partial charge is 0.221 e. The van der Waals surface area contributed by atoms with Crippen molar-refractivity contribution < 1.29 is 9.21 Å². The zero-order valence-electron chi connectivity index (χ0n) is 7.91. The number of aryl methyl sites for hydroxylation is 1. The minimum atomic E-state index is -0.334. The highest BCUT2D eigenvalue weighted by molar-refractivity contribution is 5.87. The molecule has 1 aromatic carbocycles. The molecular formula is C11H11NO2. The van der Waals surface area contributed by atoms with Gasteiger partial charge in [-0.2, -0.15) is 0 Å². The predicted octanol–water partition coefficient (Wildman–Crippen LogP) is 1.77. The predicted molar refractivity (Wildman–Crippen MR) is 53.8 cm³/mol. The van der Waals surface area contributed by atoms with Crippen LogP contribution in [0, 0.1) is 6.92 Å². The van der Waals surface area contributed by atoms with Crippen LogP contribution in [0.4, 0.5) is 0 Å². The van der Waals surface area contributed by atoms with Gasteiger partial charge in [-0.25, -0.2) is 0 Å². The molecule has 0 spiro atoms. The number of hydrogen-bond donors (Lipinski definition) is 1. The molecule has 3 nitrogen and oxygen atoms in total. The zero-order valence-corrected chi connectivity index (χ0v) is 7.91. The molecule has 3 heteroatoms. The highest BCUT2D eigenvalue weighted by atomic mass is 16.3. The summed E-state index contributed by atoms with van der Waals surface area (Å²) in [7, 11) is 0. The normalized spacial score (nSPS) is 10.6. The number of rotatable bonds is 2. The summed E-state index contributed by atoms with van der Waals surface area (Å²) >= 11 is 0. The summed E-state index contributed by atoms with van der Waals surface area (Å²) in [6.07, 6.45) is 0.239. The number of para-hydroxylation sites is 1. The highest BCUT2D eigenvalue weighted by Gasteiger charge is 2.11. The maximum Gasteiger partial charge on any atom is 0.221 e. The molecule has 14 heavy (non-hydrogen) atoms. The number of carbonyl (C=O) groups excluding carboxylic acids is 1. The van der Waals surface area contributed by atoms with Gasteiger partial charge in [-0.3, -0.25) is 4.79 Å². The lowest BCUT2D eigenvalue weighted by Crippen LogP contribution is -2.13. The van der Waals surface area contributed by atoms with Crippen LogP contribution in [-0.2, 0) is 11.2 Å². The Morgan fingerprint density at radius 3 is 2.86 bits per heavy atom. The molecule has 2 rings (SSSR count). The van der Waals surface area contributed by atoms with E-state index in [1.54, 1.807) is 0 Å². The van der Waals surface area contributed by atoms with Gasteiger partial charge in [0.2, 0.25) is 5.91 Å². The first-order valence-electron chi connectivity index (χ1n) is 4.44. The number of nitrogens with two attached hydrogens (primary N) is 1. The Hall–Kier alpha value is -1.77. The van der Waals surface area contributed by atoms with Gasteiger partial charge in [0, 0.05) is 10.9 Å². The maximum atomic E-state index is 10.8. The molecule has 0 aliphatic rings. The molecule has 1 aromatic heterocycles. The first kappa shape index (κ1) is 8.81. The third-order valence-electron chi connectivity index (χ3n) is 2.25. The Morgan fingerprint density at radius 1 is 1.43 bits per heavy atom. The first-order valence-corrected chi connectivity index (χ1v) is 4.44. The van der Waals surface area contributed by atoms with E-state index in [9.17, 15) is 4.79 Å². The van der Waals surface area contributed by atoms with Crippen LogP contribution < -0.4 is 5.73 Å². The van der Waals surface area contributed by atoms with Crippen LogP contribution in [0.3, 0.4) is 0 Å². The van der Waals surface area contributed by atoms with Crippen molar-refractivity contribution in [3.05, 3.63) is 35.6 Å². The van der Waals surface area contributed by atoms with Crippen LogP contribution in [0.2, 0.25) is 0 Å². The monoisotopic (exact) mass is 189 g/mol. The molecule has 0 fully saturated rings. The van der Waals surface area contributed by atoms with E-state index < -0.39 is 0 Å². The second kappa shape index (κ2) is 3.18. The summed E-state index contributed by atoms with van der Waals surface area (Å²) in [6, 6.07) is 7.64. The van der Waals surface area contributed by atoms with Gasteiger partial charge in [0.15, 0.2) is 0 Å². The molecule has 0 aliphatic heterocycles. The second-order valence-electron chi connectivity index (χ2n) is 3.28. The average molecular weight is 189 g/mol. The van der Waals surface area contributed by atoms with Crippen LogP contribution >= 0.6 is 0 Å². The van der Waals surface area contributed by atoms with Crippen molar-refractivity contribution in [1.29, 1.82) is 0 Å². The molecule has 0 aliphatic carbocycles. The lowest BCUT2D eigenvalue weighted by atomic mass is 10.1. The molecule has 0 saturated carbocycles. The first-order chi connectivity index (χ1) is 6.68. The van der Waals surface area contributed by atoms with Crippen molar-refractivity contribution >= 4 is 16.9 Å². The molecule has 0 saturated heterocycles. The molecule has 2 aromatic rings. The Balaban J connectivity index is 2.62. The summed E-state index contributed by atoms with van der Waals surface area (Å²) in [5.41, 5.74) is 6.87. The van der Waals surface area contributed by atoms with Crippen molar-refractivity contribution in [1.82, 2.24) is 0 Å². The third kappa shape index (κ3) is 1.37. The fourth-order valence-electron chi connectivity index (χ4n) is 1.62. The van der Waals surface area contributed by atoms with Crippen LogP contribution in [0.15, 0.2) is 28.7 Å². The largest absolute Gasteiger partial charge is 0.461 e. The van der Waals surface area contributed by atoms with Crippen molar-refractivity contribution in [2.24, 2.45) is 5.73 Å². The number of primary amides is 1. The molecule has 72 valence electrons. The Labute approximate surface area is 81.5 Å². The molecule has 1 amide bonds. The van der Waals surface area contributed by atoms with Gasteiger partial charge in [-0.05, 0) is 13.0 Å². The number of hydrogen-bond acceptors (Lipinski definition) is 2. The van der Waals surface area contributed by atoms with Crippen LogP contribution in [0.1, 0.15) is 11.3 Å². The van der Waals surface area contributed by atoms with Crippen molar-refractivity contribution in [2.45, 2.75) is 13.3 Å². The Bertz CT molecular complexity index is 485. The van der Waals surface area contributed by atoms with Gasteiger partial charge >= 0.3 is 0 Å². The number of furan rings is 1. The summed E-state index contributed by atoms with van der Waals surface area (Å²) in [4.78, 5) is 10.8. The highest BCUT2D eigenvalue weighted by Crippen LogP contribution is 2.25. The summed E-state index contributed by atoms with van der Waals surface area (Å²) < 4.78 is 5.49. The van der Waals surface area contributed by atoms with Crippen LogP contribution in [0.25, 0.3) is 11.0 Å². The summed E-state index contributed by atoms with van der Waals surface area (Å²) in [5.74, 6) is 0.435. The molecule has 0 bridgehead atoms. The van der Waals surface area contributed by atoms with E-state index in [-0.39, 0.29) is 12.3 Å². The van der Waals surface area contributed by atoms with Gasteiger partial charge in [-0.15, -0.1) is 0 Å². The maximum absolute atomic E-state index is 10.8. The van der Waals surface area contributed by atoms with E-state index >= 15 is 0 Å². The minimum Gasteiger partial charge on any atom is -0.461 e. The van der Waals surface area contributed by atoms with E-state index in [2.05, 4.69) is 0 Å². The van der Waals surface area contributed by atoms with E-state index in [4.69, 9.17) is 10.2 Å². The number of amides is 1. The molecule has 0 atom stereocenters. The minimum absolute atomic E-state index is 0.239. The zero-order chi connectivity index (χ0) is 10.1. The van der Waals surface area contributed by atoms with Gasteiger partial charge < -0.3 is 10.2 Å². The number of benzene rings is 1. The lowest BCUT2D eigenvalue weighted by molar-refractivity contribution is -0.117. The lowest BCUT2D eigenvalue weighted by Gasteiger charge is -1.94. The topological polar surface area (TPSA) is 56.2 Å². The quantitative estimate of drug-likeness (QED) is 0.782. The van der Waals surface area contributed by atoms with E-state index in [1.807, 2.05) is 31.2 Å². The van der Waals surface area contributed by atoms with E-state index in [1.165, 1.54) is 0 Å². The van der Waals surface area contributed by atoms with Crippen molar-refractivity contribution in [3.8, 4) is 0 Å². The number of fused-ring (bicyclic) bond motifs is 1. The Morgan fingerprint density at radius 2 is 2.14 bits per heavy atom. The van der Waals surface area contributed by atoms with Gasteiger partial charge in [-0.1, -0.05) is 18.2 Å². The third-order valence-corrected chi connectivity index (χ3v) is 2.25. The molecule has 0 radical (unpaired) electrons. The molecule has 1 heterocycles. The fourth-order valence-corrected chi connectivity index (χ4v) is 1.62. The number of carbonyl (C=O) groups is 1. The standard InChI is InChI=1S/C11H11NO2/c1-7-9(6-11(12)13)8-4-2-3-5-10(8)14-7/h2-5H,6H2,1H3,(H2,12,13). The summed E-state index contributed by atoms with van der Waals surface area (Å²) in [5, 5.41) is 0.976. The molecule has 2 N–H and O–H groups in total. The SMILES string of the molecule is Cc1oc2ccccc2c1CC(N)=O. The average Bonchev–Trinajstić information content (AvgIpc) is 2.43. The second-order valence-corrected chi connectivity index (χ2v) is 3.28. The summed E-state index contributed by atoms with van der Waals surface area (Å²) in [6.45, 7) is 1.85. The van der Waals surface area contributed by atoms with Crippen LogP contribution in [0.5, 0.6) is 0 Å². The van der Waals surface area contributed by atoms with Gasteiger partial charge in [0.05, 0.1) is 6.42 Å². The Kier molecular flexibility index (Phi) is 2.00.